The summed E-state index contributed by atoms with van der Waals surface area (Å²) in [4.78, 5) is 12.3. The maximum absolute atomic E-state index is 13.6. The van der Waals surface area contributed by atoms with Crippen LogP contribution in [-0.4, -0.2) is 37.7 Å². The van der Waals surface area contributed by atoms with E-state index in [-0.39, 0.29) is 36.4 Å². The number of nitrogens with one attached hydrogen (secondary N) is 2. The largest absolute Gasteiger partial charge is 0.378 e. The first kappa shape index (κ1) is 23.8. The minimum absolute atomic E-state index is 0. The molecule has 0 radical (unpaired) electrons. The molecule has 27 heavy (non-hydrogen) atoms. The van der Waals surface area contributed by atoms with Crippen LogP contribution in [-0.2, 0) is 9.53 Å². The van der Waals surface area contributed by atoms with Crippen molar-refractivity contribution in [3.8, 4) is 0 Å². The van der Waals surface area contributed by atoms with Crippen LogP contribution < -0.4 is 10.6 Å². The predicted octanol–water partition coefficient (Wildman–Crippen LogP) is 3.79. The minimum Gasteiger partial charge on any atom is -0.378 e. The summed E-state index contributed by atoms with van der Waals surface area (Å²) in [6.07, 6.45) is 2.15. The molecule has 1 aromatic carbocycles. The molecule has 0 bridgehead atoms. The topological polar surface area (TPSA) is 50.4 Å². The maximum atomic E-state index is 13.6. The number of hydrogen-bond acceptors (Lipinski definition) is 3. The van der Waals surface area contributed by atoms with E-state index in [2.05, 4.69) is 24.5 Å². The first-order valence-electron chi connectivity index (χ1n) is 9.43. The van der Waals surface area contributed by atoms with Crippen LogP contribution in [0.1, 0.15) is 51.5 Å². The Morgan fingerprint density at radius 2 is 2.04 bits per heavy atom. The third kappa shape index (κ3) is 7.72. The SMILES string of the molecule is CC(C)CC(C)OCCC(=O)NC1CNCCC1c1ccc(F)c(F)c1.Cl. The summed E-state index contributed by atoms with van der Waals surface area (Å²) in [5.74, 6) is -1.25. The number of carbonyl (C=O) groups excluding carboxylic acids is 1. The van der Waals surface area contributed by atoms with Crippen molar-refractivity contribution in [2.75, 3.05) is 19.7 Å². The molecule has 0 aliphatic carbocycles. The lowest BCUT2D eigenvalue weighted by molar-refractivity contribution is -0.123. The van der Waals surface area contributed by atoms with E-state index in [0.717, 1.165) is 31.0 Å². The van der Waals surface area contributed by atoms with Gasteiger partial charge in [0.1, 0.15) is 0 Å². The molecule has 3 unspecified atom stereocenters. The number of carbonyl (C=O) groups is 1. The van der Waals surface area contributed by atoms with Crippen molar-refractivity contribution in [3.05, 3.63) is 35.4 Å². The van der Waals surface area contributed by atoms with Gasteiger partial charge in [0.25, 0.3) is 0 Å². The predicted molar refractivity (Wildman–Crippen MR) is 105 cm³/mol. The number of hydrogen-bond donors (Lipinski definition) is 2. The van der Waals surface area contributed by atoms with Gasteiger partial charge in [0.2, 0.25) is 5.91 Å². The van der Waals surface area contributed by atoms with Crippen molar-refractivity contribution in [2.45, 2.75) is 58.1 Å². The van der Waals surface area contributed by atoms with Crippen LogP contribution >= 0.6 is 12.4 Å². The van der Waals surface area contributed by atoms with Crippen molar-refractivity contribution in [3.63, 3.8) is 0 Å². The van der Waals surface area contributed by atoms with Gasteiger partial charge in [0, 0.05) is 24.9 Å². The Kier molecular flexibility index (Phi) is 10.2. The molecule has 7 heteroatoms. The molecule has 1 saturated heterocycles. The van der Waals surface area contributed by atoms with Crippen molar-refractivity contribution < 1.29 is 18.3 Å². The highest BCUT2D eigenvalue weighted by atomic mass is 35.5. The van der Waals surface area contributed by atoms with Gasteiger partial charge in [-0.05, 0) is 49.9 Å². The first-order valence-corrected chi connectivity index (χ1v) is 9.43. The number of benzene rings is 1. The minimum atomic E-state index is -0.851. The summed E-state index contributed by atoms with van der Waals surface area (Å²) in [6, 6.07) is 3.84. The van der Waals surface area contributed by atoms with Gasteiger partial charge in [-0.15, -0.1) is 12.4 Å². The Labute approximate surface area is 166 Å². The van der Waals surface area contributed by atoms with E-state index in [4.69, 9.17) is 4.74 Å². The Hall–Kier alpha value is -1.24. The maximum Gasteiger partial charge on any atom is 0.222 e. The number of amides is 1. The molecule has 1 aliphatic heterocycles. The normalized spacial score (nSPS) is 20.8. The molecule has 1 amide bonds. The van der Waals surface area contributed by atoms with Gasteiger partial charge in [0.15, 0.2) is 11.6 Å². The average Bonchev–Trinajstić information content (AvgIpc) is 2.57. The summed E-state index contributed by atoms with van der Waals surface area (Å²) in [6.45, 7) is 8.08. The van der Waals surface area contributed by atoms with Gasteiger partial charge in [-0.25, -0.2) is 8.78 Å². The van der Waals surface area contributed by atoms with Crippen molar-refractivity contribution >= 4 is 18.3 Å². The third-order valence-electron chi connectivity index (χ3n) is 4.74. The Bertz CT molecular complexity index is 601. The summed E-state index contributed by atoms with van der Waals surface area (Å²) >= 11 is 0. The van der Waals surface area contributed by atoms with Crippen molar-refractivity contribution in [1.29, 1.82) is 0 Å². The molecule has 2 rings (SSSR count). The molecule has 1 aliphatic rings. The molecule has 0 saturated carbocycles. The highest BCUT2D eigenvalue weighted by Gasteiger charge is 2.28. The Balaban J connectivity index is 0.00000364. The van der Waals surface area contributed by atoms with Gasteiger partial charge in [-0.1, -0.05) is 19.9 Å². The second-order valence-corrected chi connectivity index (χ2v) is 7.51. The van der Waals surface area contributed by atoms with Crippen LogP contribution in [0.4, 0.5) is 8.78 Å². The zero-order valence-electron chi connectivity index (χ0n) is 16.3. The van der Waals surface area contributed by atoms with Crippen LogP contribution in [0.15, 0.2) is 18.2 Å². The van der Waals surface area contributed by atoms with E-state index in [9.17, 15) is 13.6 Å². The van der Waals surface area contributed by atoms with Gasteiger partial charge in [-0.2, -0.15) is 0 Å². The van der Waals surface area contributed by atoms with Crippen LogP contribution in [0, 0.1) is 17.6 Å². The van der Waals surface area contributed by atoms with Crippen molar-refractivity contribution in [2.24, 2.45) is 5.92 Å². The Morgan fingerprint density at radius 1 is 1.30 bits per heavy atom. The fourth-order valence-corrected chi connectivity index (χ4v) is 3.52. The van der Waals surface area contributed by atoms with E-state index in [1.54, 1.807) is 6.07 Å². The van der Waals surface area contributed by atoms with E-state index < -0.39 is 11.6 Å². The second kappa shape index (κ2) is 11.6. The highest BCUT2D eigenvalue weighted by molar-refractivity contribution is 5.85. The summed E-state index contributed by atoms with van der Waals surface area (Å²) in [7, 11) is 0. The highest BCUT2D eigenvalue weighted by Crippen LogP contribution is 2.27. The summed E-state index contributed by atoms with van der Waals surface area (Å²) in [5.41, 5.74) is 0.720. The quantitative estimate of drug-likeness (QED) is 0.693. The number of ether oxygens (including phenoxy) is 1. The molecule has 0 spiro atoms. The number of piperidine rings is 1. The fourth-order valence-electron chi connectivity index (χ4n) is 3.52. The van der Waals surface area contributed by atoms with Crippen LogP contribution in [0.3, 0.4) is 0 Å². The van der Waals surface area contributed by atoms with Crippen LogP contribution in [0.2, 0.25) is 0 Å². The zero-order chi connectivity index (χ0) is 19.1. The third-order valence-corrected chi connectivity index (χ3v) is 4.74. The van der Waals surface area contributed by atoms with E-state index in [1.807, 2.05) is 6.92 Å². The standard InChI is InChI=1S/C20H30F2N2O2.ClH/c1-13(2)10-14(3)26-9-7-20(25)24-19-12-23-8-6-16(19)15-4-5-17(21)18(22)11-15;/h4-5,11,13-14,16,19,23H,6-10,12H2,1-3H3,(H,24,25);1H. The van der Waals surface area contributed by atoms with Gasteiger partial charge in [0.05, 0.1) is 12.7 Å². The molecule has 1 heterocycles. The Morgan fingerprint density at radius 3 is 2.70 bits per heavy atom. The molecule has 1 fully saturated rings. The molecular formula is C20H31ClF2N2O2. The summed E-state index contributed by atoms with van der Waals surface area (Å²) in [5, 5.41) is 6.27. The van der Waals surface area contributed by atoms with E-state index in [0.29, 0.717) is 25.5 Å². The van der Waals surface area contributed by atoms with Crippen molar-refractivity contribution in [1.82, 2.24) is 10.6 Å². The van der Waals surface area contributed by atoms with Gasteiger partial charge < -0.3 is 15.4 Å². The lowest BCUT2D eigenvalue weighted by Gasteiger charge is -2.33. The van der Waals surface area contributed by atoms with Gasteiger partial charge in [-0.3, -0.25) is 4.79 Å². The smallest absolute Gasteiger partial charge is 0.222 e. The monoisotopic (exact) mass is 404 g/mol. The molecule has 3 atom stereocenters. The zero-order valence-corrected chi connectivity index (χ0v) is 17.1. The second-order valence-electron chi connectivity index (χ2n) is 7.51. The molecule has 1 aromatic rings. The van der Waals surface area contributed by atoms with Crippen LogP contribution in [0.25, 0.3) is 0 Å². The molecule has 0 aromatic heterocycles. The lowest BCUT2D eigenvalue weighted by atomic mass is 9.86. The van der Waals surface area contributed by atoms with Gasteiger partial charge >= 0.3 is 0 Å². The fraction of sp³-hybridized carbons (Fsp3) is 0.650. The van der Waals surface area contributed by atoms with E-state index >= 15 is 0 Å². The summed E-state index contributed by atoms with van der Waals surface area (Å²) < 4.78 is 32.4. The molecular weight excluding hydrogens is 374 g/mol. The number of rotatable bonds is 8. The van der Waals surface area contributed by atoms with Crippen LogP contribution in [0.5, 0.6) is 0 Å². The number of halogens is 3. The molecule has 154 valence electrons. The lowest BCUT2D eigenvalue weighted by Crippen LogP contribution is -2.50. The first-order chi connectivity index (χ1) is 12.4. The molecule has 2 N–H and O–H groups in total. The van der Waals surface area contributed by atoms with E-state index in [1.165, 1.54) is 6.07 Å². The molecule has 4 nitrogen and oxygen atoms in total. The average molecular weight is 405 g/mol.